The highest BCUT2D eigenvalue weighted by atomic mass is 16.6. The van der Waals surface area contributed by atoms with Crippen LogP contribution in [0.25, 0.3) is 0 Å². The lowest BCUT2D eigenvalue weighted by Crippen LogP contribution is -2.44. The predicted octanol–water partition coefficient (Wildman–Crippen LogP) is 10.4. The topological polar surface area (TPSA) is 116 Å². The van der Waals surface area contributed by atoms with Gasteiger partial charge in [0.15, 0.2) is 12.2 Å². The molecule has 0 bridgehead atoms. The van der Waals surface area contributed by atoms with Gasteiger partial charge >= 0.3 is 17.9 Å². The average Bonchev–Trinajstić information content (AvgIpc) is 3.38. The Morgan fingerprint density at radius 2 is 0.980 bits per heavy atom. The molecule has 1 heterocycles. The van der Waals surface area contributed by atoms with Crippen molar-refractivity contribution in [2.75, 3.05) is 6.61 Å². The van der Waals surface area contributed by atoms with Crippen LogP contribution in [0, 0.1) is 0 Å². The third-order valence-electron chi connectivity index (χ3n) is 9.37. The van der Waals surface area contributed by atoms with Gasteiger partial charge in [-0.1, -0.05) is 141 Å². The molecular formula is C42H72O8. The lowest BCUT2D eigenvalue weighted by molar-refractivity contribution is -0.173. The molecule has 0 aromatic rings. The van der Waals surface area contributed by atoms with Crippen LogP contribution in [0.1, 0.15) is 194 Å². The van der Waals surface area contributed by atoms with E-state index in [-0.39, 0.29) is 12.8 Å². The van der Waals surface area contributed by atoms with Gasteiger partial charge in [0, 0.05) is 12.8 Å². The van der Waals surface area contributed by atoms with Crippen LogP contribution in [0.2, 0.25) is 0 Å². The first-order valence-electron chi connectivity index (χ1n) is 20.5. The van der Waals surface area contributed by atoms with Crippen molar-refractivity contribution >= 4 is 23.7 Å². The van der Waals surface area contributed by atoms with Crippen LogP contribution in [0.4, 0.5) is 0 Å². The number of cyclic esters (lactones) is 1. The summed E-state index contributed by atoms with van der Waals surface area (Å²) in [6, 6.07) is 0. The lowest BCUT2D eigenvalue weighted by Gasteiger charge is -2.24. The molecule has 8 heteroatoms. The van der Waals surface area contributed by atoms with E-state index in [1.54, 1.807) is 0 Å². The molecule has 0 spiro atoms. The van der Waals surface area contributed by atoms with E-state index in [4.69, 9.17) is 14.2 Å². The minimum absolute atomic E-state index is 0.113. The second-order valence-electron chi connectivity index (χ2n) is 14.0. The van der Waals surface area contributed by atoms with Crippen molar-refractivity contribution in [3.8, 4) is 0 Å². The number of allylic oxidation sites excluding steroid dienone is 4. The summed E-state index contributed by atoms with van der Waals surface area (Å²) in [5.74, 6) is -3.31. The number of ketones is 1. The maximum absolute atomic E-state index is 12.5. The third kappa shape index (κ3) is 23.8. The van der Waals surface area contributed by atoms with Gasteiger partial charge in [-0.05, 0) is 64.2 Å². The normalized spacial score (nSPS) is 16.8. The average molecular weight is 705 g/mol. The molecule has 3 atom stereocenters. The Bertz CT molecular complexity index is 942. The fraction of sp³-hybridized carbons (Fsp3) is 0.810. The molecule has 1 rings (SSSR count). The van der Waals surface area contributed by atoms with Gasteiger partial charge in [-0.2, -0.15) is 0 Å². The second-order valence-corrected chi connectivity index (χ2v) is 14.0. The number of aliphatic hydroxyl groups excluding tert-OH is 1. The first kappa shape index (κ1) is 45.5. The van der Waals surface area contributed by atoms with Crippen LogP contribution in [-0.2, 0) is 33.4 Å². The summed E-state index contributed by atoms with van der Waals surface area (Å²) in [5.41, 5.74) is 0. The zero-order valence-corrected chi connectivity index (χ0v) is 31.9. The molecule has 0 amide bonds. The van der Waals surface area contributed by atoms with E-state index in [0.29, 0.717) is 12.8 Å². The summed E-state index contributed by atoms with van der Waals surface area (Å²) in [6.45, 7) is 3.82. The molecule has 288 valence electrons. The van der Waals surface area contributed by atoms with Crippen molar-refractivity contribution < 1.29 is 38.5 Å². The number of unbranched alkanes of at least 4 members (excludes halogenated alkanes) is 22. The molecule has 1 unspecified atom stereocenters. The molecule has 0 aliphatic carbocycles. The molecule has 0 aromatic heterocycles. The number of rotatable bonds is 34. The first-order chi connectivity index (χ1) is 24.4. The summed E-state index contributed by atoms with van der Waals surface area (Å²) >= 11 is 0. The van der Waals surface area contributed by atoms with Crippen molar-refractivity contribution in [1.82, 2.24) is 0 Å². The van der Waals surface area contributed by atoms with Gasteiger partial charge in [0.25, 0.3) is 5.78 Å². The fourth-order valence-corrected chi connectivity index (χ4v) is 6.22. The van der Waals surface area contributed by atoms with Crippen LogP contribution in [0.5, 0.6) is 0 Å². The Morgan fingerprint density at radius 3 is 1.40 bits per heavy atom. The van der Waals surface area contributed by atoms with Crippen molar-refractivity contribution in [2.45, 2.75) is 212 Å². The molecule has 1 aliphatic heterocycles. The number of hydrogen-bond acceptors (Lipinski definition) is 8. The lowest BCUT2D eigenvalue weighted by atomic mass is 10.1. The van der Waals surface area contributed by atoms with Gasteiger partial charge < -0.3 is 19.3 Å². The van der Waals surface area contributed by atoms with Gasteiger partial charge in [0.05, 0.1) is 6.61 Å². The van der Waals surface area contributed by atoms with Gasteiger partial charge in [0.2, 0.25) is 6.10 Å². The second kappa shape index (κ2) is 32.4. The van der Waals surface area contributed by atoms with E-state index in [2.05, 4.69) is 38.2 Å². The Kier molecular flexibility index (Phi) is 29.5. The maximum Gasteiger partial charge on any atom is 0.379 e. The summed E-state index contributed by atoms with van der Waals surface area (Å²) in [4.78, 5) is 49.4. The van der Waals surface area contributed by atoms with Crippen LogP contribution >= 0.6 is 0 Å². The smallest absolute Gasteiger partial charge is 0.379 e. The SMILES string of the molecule is CCCCCCCCC=CCCCCCCCC(=O)OC1C(=O)C(=O)O[C@@H]1[C@H](CO)OC(=O)CCCCCCCC=CCCCCCCCC. The number of esters is 3. The predicted molar refractivity (Wildman–Crippen MR) is 201 cm³/mol. The van der Waals surface area contributed by atoms with Crippen molar-refractivity contribution in [2.24, 2.45) is 0 Å². The first-order valence-corrected chi connectivity index (χ1v) is 20.5. The molecule has 0 radical (unpaired) electrons. The summed E-state index contributed by atoms with van der Waals surface area (Å²) in [6.07, 6.45) is 35.0. The number of hydrogen-bond donors (Lipinski definition) is 1. The Labute approximate surface area is 304 Å². The zero-order valence-electron chi connectivity index (χ0n) is 31.9. The highest BCUT2D eigenvalue weighted by Gasteiger charge is 2.51. The van der Waals surface area contributed by atoms with Crippen molar-refractivity contribution in [3.63, 3.8) is 0 Å². The minimum Gasteiger partial charge on any atom is -0.456 e. The minimum atomic E-state index is -1.53. The standard InChI is InChI=1S/C42H72O8/c1-3-5-7-9-11-13-15-17-19-21-23-25-27-29-31-33-37(44)48-36(35-43)40-41(39(46)42(47)50-40)49-38(45)34-32-30-28-26-24-22-20-18-16-14-12-10-8-6-4-2/h17-20,36,40-41,43H,3-16,21-35H2,1-2H3/t36-,40+,41?/m0/s1. The maximum atomic E-state index is 12.5. The van der Waals surface area contributed by atoms with E-state index < -0.39 is 48.6 Å². The van der Waals surface area contributed by atoms with Gasteiger partial charge in [-0.25, -0.2) is 4.79 Å². The van der Waals surface area contributed by atoms with Crippen LogP contribution in [-0.4, -0.2) is 53.7 Å². The quantitative estimate of drug-likeness (QED) is 0.0231. The summed E-state index contributed by atoms with van der Waals surface area (Å²) in [7, 11) is 0. The summed E-state index contributed by atoms with van der Waals surface area (Å²) < 4.78 is 15.8. The zero-order chi connectivity index (χ0) is 36.5. The number of carbonyl (C=O) groups is 4. The van der Waals surface area contributed by atoms with Crippen molar-refractivity contribution in [3.05, 3.63) is 24.3 Å². The number of Topliss-reactive ketones (excluding diaryl/α,β-unsaturated/α-hetero) is 1. The van der Waals surface area contributed by atoms with Crippen LogP contribution < -0.4 is 0 Å². The number of aliphatic hydroxyl groups is 1. The number of carbonyl (C=O) groups excluding carboxylic acids is 4. The molecule has 50 heavy (non-hydrogen) atoms. The Hall–Kier alpha value is -2.48. The number of ether oxygens (including phenoxy) is 3. The van der Waals surface area contributed by atoms with Crippen LogP contribution in [0.15, 0.2) is 24.3 Å². The van der Waals surface area contributed by atoms with Gasteiger partial charge in [0.1, 0.15) is 0 Å². The van der Waals surface area contributed by atoms with Crippen molar-refractivity contribution in [1.29, 1.82) is 0 Å². The molecule has 1 N–H and O–H groups in total. The van der Waals surface area contributed by atoms with E-state index in [1.807, 2.05) is 0 Å². The largest absolute Gasteiger partial charge is 0.456 e. The molecule has 1 aliphatic rings. The fourth-order valence-electron chi connectivity index (χ4n) is 6.22. The van der Waals surface area contributed by atoms with E-state index in [9.17, 15) is 24.3 Å². The Morgan fingerprint density at radius 1 is 0.600 bits per heavy atom. The molecule has 0 saturated carbocycles. The third-order valence-corrected chi connectivity index (χ3v) is 9.37. The molecule has 1 saturated heterocycles. The summed E-state index contributed by atoms with van der Waals surface area (Å²) in [5, 5.41) is 9.89. The van der Waals surface area contributed by atoms with E-state index >= 15 is 0 Å². The van der Waals surface area contributed by atoms with Crippen LogP contribution in [0.3, 0.4) is 0 Å². The highest BCUT2D eigenvalue weighted by Crippen LogP contribution is 2.23. The van der Waals surface area contributed by atoms with E-state index in [0.717, 1.165) is 70.6 Å². The highest BCUT2D eigenvalue weighted by molar-refractivity contribution is 6.37. The monoisotopic (exact) mass is 705 g/mol. The molecule has 0 aromatic carbocycles. The molecule has 8 nitrogen and oxygen atoms in total. The van der Waals surface area contributed by atoms with Gasteiger partial charge in [-0.3, -0.25) is 14.4 Å². The Balaban J connectivity index is 2.19. The van der Waals surface area contributed by atoms with E-state index in [1.165, 1.54) is 83.5 Å². The van der Waals surface area contributed by atoms with Gasteiger partial charge in [-0.15, -0.1) is 0 Å². The molecule has 1 fully saturated rings. The molecular weight excluding hydrogens is 632 g/mol.